The van der Waals surface area contributed by atoms with Gasteiger partial charge in [-0.1, -0.05) is 12.5 Å². The predicted octanol–water partition coefficient (Wildman–Crippen LogP) is 2.73. The molecule has 0 unspecified atom stereocenters. The van der Waals surface area contributed by atoms with Gasteiger partial charge in [-0.3, -0.25) is 14.6 Å². The average Bonchev–Trinajstić information content (AvgIpc) is 3.12. The van der Waals surface area contributed by atoms with Crippen molar-refractivity contribution in [2.24, 2.45) is 5.92 Å². The number of hydrogen-bond acceptors (Lipinski definition) is 5. The number of hydrogen-bond donors (Lipinski definition) is 2. The normalized spacial score (nSPS) is 14.3. The quantitative estimate of drug-likeness (QED) is 0.752. The van der Waals surface area contributed by atoms with Gasteiger partial charge < -0.3 is 5.32 Å². The maximum Gasteiger partial charge on any atom is 0.252 e. The van der Waals surface area contributed by atoms with Crippen LogP contribution in [0.1, 0.15) is 25.0 Å². The lowest BCUT2D eigenvalue weighted by atomic mass is 9.85. The Balaban J connectivity index is 1.77. The molecule has 3 heterocycles. The molecule has 1 fully saturated rings. The Morgan fingerprint density at radius 3 is 2.88 bits per heavy atom. The second-order valence-corrected chi connectivity index (χ2v) is 7.08. The Hall–Kier alpha value is -2.74. The predicted molar refractivity (Wildman–Crippen MR) is 96.0 cm³/mol. The monoisotopic (exact) mass is 355 g/mol. The molecule has 128 valence electrons. The van der Waals surface area contributed by atoms with Gasteiger partial charge in [0.25, 0.3) is 5.56 Å². The van der Waals surface area contributed by atoms with Gasteiger partial charge in [0.15, 0.2) is 0 Å². The van der Waals surface area contributed by atoms with E-state index in [1.54, 1.807) is 18.3 Å². The van der Waals surface area contributed by atoms with Gasteiger partial charge in [0.2, 0.25) is 11.9 Å². The molecule has 1 saturated carbocycles. The van der Waals surface area contributed by atoms with Gasteiger partial charge in [0.1, 0.15) is 11.5 Å². The highest BCUT2D eigenvalue weighted by Crippen LogP contribution is 2.30. The van der Waals surface area contributed by atoms with Crippen molar-refractivity contribution < 1.29 is 4.79 Å². The molecule has 8 heteroatoms. The molecule has 0 aromatic carbocycles. The number of carbonyl (C=O) groups is 1. The Bertz CT molecular complexity index is 969. The lowest BCUT2D eigenvalue weighted by Crippen LogP contribution is -2.29. The van der Waals surface area contributed by atoms with E-state index in [0.717, 1.165) is 29.8 Å². The van der Waals surface area contributed by atoms with Gasteiger partial charge >= 0.3 is 0 Å². The van der Waals surface area contributed by atoms with Gasteiger partial charge in [-0.25, -0.2) is 4.98 Å². The van der Waals surface area contributed by atoms with Crippen molar-refractivity contribution in [1.82, 2.24) is 19.7 Å². The third-order valence-corrected chi connectivity index (χ3v) is 5.16. The molecule has 0 aliphatic heterocycles. The van der Waals surface area contributed by atoms with Crippen molar-refractivity contribution in [2.45, 2.75) is 26.2 Å². The van der Waals surface area contributed by atoms with E-state index in [-0.39, 0.29) is 23.3 Å². The first-order chi connectivity index (χ1) is 12.1. The van der Waals surface area contributed by atoms with Gasteiger partial charge in [-0.15, -0.1) is 11.3 Å². The van der Waals surface area contributed by atoms with Crippen molar-refractivity contribution in [3.05, 3.63) is 45.7 Å². The summed E-state index contributed by atoms with van der Waals surface area (Å²) in [6.07, 6.45) is 2.92. The third-order valence-electron chi connectivity index (χ3n) is 4.27. The molecule has 2 N–H and O–H groups in total. The third kappa shape index (κ3) is 3.12. The number of anilines is 1. The van der Waals surface area contributed by atoms with Crippen LogP contribution in [0.5, 0.6) is 0 Å². The summed E-state index contributed by atoms with van der Waals surface area (Å²) in [4.78, 5) is 32.2. The van der Waals surface area contributed by atoms with Gasteiger partial charge in [-0.2, -0.15) is 9.78 Å². The van der Waals surface area contributed by atoms with Crippen LogP contribution >= 0.6 is 11.3 Å². The molecular weight excluding hydrogens is 338 g/mol. The number of amides is 1. The van der Waals surface area contributed by atoms with E-state index in [4.69, 9.17) is 0 Å². The highest BCUT2D eigenvalue weighted by molar-refractivity contribution is 7.13. The van der Waals surface area contributed by atoms with Gasteiger partial charge in [-0.05, 0) is 31.2 Å². The number of rotatable bonds is 4. The lowest BCUT2D eigenvalue weighted by Gasteiger charge is -2.23. The summed E-state index contributed by atoms with van der Waals surface area (Å²) in [5.41, 5.74) is 1.05. The Labute approximate surface area is 147 Å². The van der Waals surface area contributed by atoms with Crippen LogP contribution in [0.4, 0.5) is 5.82 Å². The number of nitrogens with one attached hydrogen (secondary N) is 2. The maximum atomic E-state index is 12.4. The summed E-state index contributed by atoms with van der Waals surface area (Å²) < 4.78 is 1.49. The second-order valence-electron chi connectivity index (χ2n) is 6.13. The number of thiophene rings is 1. The van der Waals surface area contributed by atoms with E-state index in [0.29, 0.717) is 11.5 Å². The molecule has 25 heavy (non-hydrogen) atoms. The first kappa shape index (κ1) is 15.8. The summed E-state index contributed by atoms with van der Waals surface area (Å²) in [5.74, 6) is 0.837. The smallest absolute Gasteiger partial charge is 0.252 e. The molecule has 0 atom stereocenters. The van der Waals surface area contributed by atoms with Crippen molar-refractivity contribution in [2.75, 3.05) is 5.32 Å². The standard InChI is InChI=1S/C17H17N5O2S/c1-10-8-15(23)20-17(18-10)22-14(19-16(24)11-4-2-5-11)9-12(21-22)13-6-3-7-25-13/h3,6-9,11H,2,4-5H2,1H3,(H,19,24)(H,18,20,23). The maximum absolute atomic E-state index is 12.4. The van der Waals surface area contributed by atoms with E-state index in [9.17, 15) is 9.59 Å². The number of aryl methyl sites for hydroxylation is 1. The Morgan fingerprint density at radius 2 is 2.24 bits per heavy atom. The van der Waals surface area contributed by atoms with Gasteiger partial charge in [0, 0.05) is 23.7 Å². The molecule has 4 rings (SSSR count). The van der Waals surface area contributed by atoms with E-state index in [1.165, 1.54) is 10.7 Å². The van der Waals surface area contributed by atoms with Crippen LogP contribution in [0.2, 0.25) is 0 Å². The molecular formula is C17H17N5O2S. The zero-order valence-electron chi connectivity index (χ0n) is 13.7. The number of aromatic amines is 1. The summed E-state index contributed by atoms with van der Waals surface area (Å²) in [5, 5.41) is 9.44. The summed E-state index contributed by atoms with van der Waals surface area (Å²) in [6.45, 7) is 1.75. The van der Waals surface area contributed by atoms with E-state index in [1.807, 2.05) is 23.6 Å². The van der Waals surface area contributed by atoms with Crippen LogP contribution in [-0.2, 0) is 4.79 Å². The fourth-order valence-electron chi connectivity index (χ4n) is 2.74. The fourth-order valence-corrected chi connectivity index (χ4v) is 3.42. The molecule has 1 aliphatic carbocycles. The first-order valence-corrected chi connectivity index (χ1v) is 9.01. The molecule has 7 nitrogen and oxygen atoms in total. The van der Waals surface area contributed by atoms with Crippen LogP contribution in [-0.4, -0.2) is 25.7 Å². The van der Waals surface area contributed by atoms with Crippen molar-refractivity contribution >= 4 is 23.1 Å². The van der Waals surface area contributed by atoms with Crippen LogP contribution in [0, 0.1) is 12.8 Å². The Kier molecular flexibility index (Phi) is 3.96. The topological polar surface area (TPSA) is 92.7 Å². The highest BCUT2D eigenvalue weighted by atomic mass is 32.1. The van der Waals surface area contributed by atoms with Crippen LogP contribution in [0.15, 0.2) is 34.4 Å². The molecule has 1 amide bonds. The Morgan fingerprint density at radius 1 is 1.40 bits per heavy atom. The number of carbonyl (C=O) groups excluding carboxylic acids is 1. The SMILES string of the molecule is Cc1cc(=O)[nH]c(-n2nc(-c3cccs3)cc2NC(=O)C2CCC2)n1. The average molecular weight is 355 g/mol. The minimum absolute atomic E-state index is 0.0138. The van der Waals surface area contributed by atoms with Crippen LogP contribution in [0.3, 0.4) is 0 Å². The molecule has 0 radical (unpaired) electrons. The highest BCUT2D eigenvalue weighted by Gasteiger charge is 2.26. The largest absolute Gasteiger partial charge is 0.310 e. The van der Waals surface area contributed by atoms with Gasteiger partial charge in [0.05, 0.1) is 4.88 Å². The van der Waals surface area contributed by atoms with Crippen molar-refractivity contribution in [3.8, 4) is 16.5 Å². The molecule has 0 saturated heterocycles. The fraction of sp³-hybridized carbons (Fsp3) is 0.294. The molecule has 1 aliphatic rings. The van der Waals surface area contributed by atoms with Crippen molar-refractivity contribution in [3.63, 3.8) is 0 Å². The summed E-state index contributed by atoms with van der Waals surface area (Å²) in [6, 6.07) is 7.13. The molecule has 0 spiro atoms. The van der Waals surface area contributed by atoms with Crippen molar-refractivity contribution in [1.29, 1.82) is 0 Å². The minimum Gasteiger partial charge on any atom is -0.310 e. The van der Waals surface area contributed by atoms with E-state index >= 15 is 0 Å². The number of aromatic nitrogens is 4. The van der Waals surface area contributed by atoms with Crippen LogP contribution < -0.4 is 10.9 Å². The van der Waals surface area contributed by atoms with E-state index in [2.05, 4.69) is 20.4 Å². The van der Waals surface area contributed by atoms with Crippen LogP contribution in [0.25, 0.3) is 16.5 Å². The zero-order chi connectivity index (χ0) is 17.4. The number of H-pyrrole nitrogens is 1. The summed E-state index contributed by atoms with van der Waals surface area (Å²) in [7, 11) is 0. The number of nitrogens with zero attached hydrogens (tertiary/aromatic N) is 3. The summed E-state index contributed by atoms with van der Waals surface area (Å²) >= 11 is 1.56. The lowest BCUT2D eigenvalue weighted by molar-refractivity contribution is -0.122. The molecule has 0 bridgehead atoms. The zero-order valence-corrected chi connectivity index (χ0v) is 14.5. The first-order valence-electron chi connectivity index (χ1n) is 8.13. The van der Waals surface area contributed by atoms with E-state index < -0.39 is 0 Å². The minimum atomic E-state index is -0.257. The second kappa shape index (κ2) is 6.29. The molecule has 3 aromatic rings. The molecule has 3 aromatic heterocycles.